The molecular formula is C17H20N2O2S2. The van der Waals surface area contributed by atoms with Crippen molar-refractivity contribution in [1.82, 2.24) is 5.32 Å². The van der Waals surface area contributed by atoms with Gasteiger partial charge in [-0.15, -0.1) is 0 Å². The zero-order valence-corrected chi connectivity index (χ0v) is 14.8. The first-order chi connectivity index (χ1) is 11.1. The maximum atomic E-state index is 11.9. The normalized spacial score (nSPS) is 11.7. The second kappa shape index (κ2) is 8.74. The lowest BCUT2D eigenvalue weighted by Crippen LogP contribution is -2.28. The second-order valence-electron chi connectivity index (χ2n) is 5.04. The number of hydrogen-bond acceptors (Lipinski definition) is 3. The van der Waals surface area contributed by atoms with E-state index in [4.69, 9.17) is 0 Å². The maximum Gasteiger partial charge on any atom is 0.319 e. The van der Waals surface area contributed by atoms with Crippen LogP contribution in [0.4, 0.5) is 10.5 Å². The molecule has 2 N–H and O–H groups in total. The van der Waals surface area contributed by atoms with E-state index in [1.165, 1.54) is 5.56 Å². The van der Waals surface area contributed by atoms with Gasteiger partial charge in [0.05, 0.1) is 0 Å². The molecule has 122 valence electrons. The first kappa shape index (κ1) is 17.6. The van der Waals surface area contributed by atoms with E-state index < -0.39 is 10.8 Å². The van der Waals surface area contributed by atoms with Gasteiger partial charge in [-0.05, 0) is 41.6 Å². The van der Waals surface area contributed by atoms with E-state index in [0.717, 1.165) is 16.2 Å². The van der Waals surface area contributed by atoms with Crippen molar-refractivity contribution in [2.45, 2.75) is 17.2 Å². The van der Waals surface area contributed by atoms with Crippen LogP contribution in [0.25, 0.3) is 0 Å². The molecule has 2 aromatic carbocycles. The molecule has 0 bridgehead atoms. The molecule has 4 nitrogen and oxygen atoms in total. The van der Waals surface area contributed by atoms with Gasteiger partial charge in [-0.3, -0.25) is 4.21 Å². The Hall–Kier alpha value is -1.79. The Bertz CT molecular complexity index is 687. The van der Waals surface area contributed by atoms with Gasteiger partial charge in [-0.25, -0.2) is 4.79 Å². The fraction of sp³-hybridized carbons (Fsp3) is 0.235. The number of benzene rings is 2. The predicted molar refractivity (Wildman–Crippen MR) is 98.3 cm³/mol. The molecule has 1 atom stereocenters. The lowest BCUT2D eigenvalue weighted by molar-refractivity contribution is 0.251. The summed E-state index contributed by atoms with van der Waals surface area (Å²) in [5, 5.41) is 5.60. The van der Waals surface area contributed by atoms with Gasteiger partial charge in [0, 0.05) is 39.9 Å². The van der Waals surface area contributed by atoms with Gasteiger partial charge >= 0.3 is 6.03 Å². The summed E-state index contributed by atoms with van der Waals surface area (Å²) in [6.07, 6.45) is 3.69. The van der Waals surface area contributed by atoms with E-state index in [1.807, 2.05) is 12.1 Å². The first-order valence-corrected chi connectivity index (χ1v) is 10.1. The van der Waals surface area contributed by atoms with Crippen molar-refractivity contribution in [3.8, 4) is 0 Å². The van der Waals surface area contributed by atoms with E-state index in [2.05, 4.69) is 29.0 Å². The van der Waals surface area contributed by atoms with Crippen molar-refractivity contribution in [3.05, 3.63) is 59.7 Å². The zero-order valence-electron chi connectivity index (χ0n) is 13.2. The number of rotatable bonds is 6. The Morgan fingerprint density at radius 1 is 1.13 bits per heavy atom. The van der Waals surface area contributed by atoms with Gasteiger partial charge in [-0.1, -0.05) is 24.3 Å². The summed E-state index contributed by atoms with van der Waals surface area (Å²) in [7, 11) is -1.01. The summed E-state index contributed by atoms with van der Waals surface area (Å²) in [6.45, 7) is 0.477. The maximum absolute atomic E-state index is 11.9. The Balaban J connectivity index is 1.87. The van der Waals surface area contributed by atoms with Gasteiger partial charge < -0.3 is 10.6 Å². The number of hydrogen-bond donors (Lipinski definition) is 2. The average Bonchev–Trinajstić information content (AvgIpc) is 2.54. The van der Waals surface area contributed by atoms with Gasteiger partial charge in [0.1, 0.15) is 0 Å². The smallest absolute Gasteiger partial charge is 0.319 e. The van der Waals surface area contributed by atoms with E-state index in [9.17, 15) is 9.00 Å². The minimum Gasteiger partial charge on any atom is -0.334 e. The summed E-state index contributed by atoms with van der Waals surface area (Å²) >= 11 is 1.77. The topological polar surface area (TPSA) is 58.2 Å². The number of thioether (sulfide) groups is 1. The summed E-state index contributed by atoms with van der Waals surface area (Å²) in [5.74, 6) is 0.963. The summed E-state index contributed by atoms with van der Waals surface area (Å²) in [4.78, 5) is 12.7. The third-order valence-corrected chi connectivity index (χ3v) is 4.76. The minimum atomic E-state index is -1.01. The quantitative estimate of drug-likeness (QED) is 0.838. The van der Waals surface area contributed by atoms with Crippen LogP contribution in [-0.4, -0.2) is 22.8 Å². The van der Waals surface area contributed by atoms with Crippen molar-refractivity contribution < 1.29 is 9.00 Å². The molecule has 0 saturated heterocycles. The molecule has 0 saturated carbocycles. The number of amides is 2. The minimum absolute atomic E-state index is 0.259. The highest BCUT2D eigenvalue weighted by Gasteiger charge is 2.03. The molecule has 0 radical (unpaired) electrons. The molecule has 0 spiro atoms. The Morgan fingerprint density at radius 3 is 2.48 bits per heavy atom. The van der Waals surface area contributed by atoms with Crippen LogP contribution in [0.15, 0.2) is 53.4 Å². The van der Waals surface area contributed by atoms with E-state index in [1.54, 1.807) is 42.3 Å². The lowest BCUT2D eigenvalue weighted by atomic mass is 10.1. The molecular weight excluding hydrogens is 328 g/mol. The van der Waals surface area contributed by atoms with Gasteiger partial charge in [0.25, 0.3) is 0 Å². The molecule has 2 rings (SSSR count). The highest BCUT2D eigenvalue weighted by molar-refractivity contribution is 7.97. The molecule has 0 fully saturated rings. The average molecular weight is 348 g/mol. The molecule has 0 aliphatic heterocycles. The summed E-state index contributed by atoms with van der Waals surface area (Å²) in [5.41, 5.74) is 3.00. The number of carbonyl (C=O) groups is 1. The van der Waals surface area contributed by atoms with Crippen LogP contribution in [0.2, 0.25) is 0 Å². The Morgan fingerprint density at radius 2 is 1.83 bits per heavy atom. The third-order valence-electron chi connectivity index (χ3n) is 3.20. The highest BCUT2D eigenvalue weighted by Crippen LogP contribution is 2.13. The first-order valence-electron chi connectivity index (χ1n) is 7.13. The van der Waals surface area contributed by atoms with Crippen molar-refractivity contribution in [2.24, 2.45) is 0 Å². The van der Waals surface area contributed by atoms with Crippen LogP contribution in [0.5, 0.6) is 0 Å². The van der Waals surface area contributed by atoms with Crippen molar-refractivity contribution in [2.75, 3.05) is 17.8 Å². The summed E-state index contributed by atoms with van der Waals surface area (Å²) in [6, 6.07) is 14.9. The molecule has 0 aliphatic carbocycles. The van der Waals surface area contributed by atoms with Gasteiger partial charge in [0.2, 0.25) is 0 Å². The fourth-order valence-corrected chi connectivity index (χ4v) is 3.12. The van der Waals surface area contributed by atoms with Crippen LogP contribution < -0.4 is 10.6 Å². The molecule has 2 amide bonds. The molecule has 0 heterocycles. The second-order valence-corrected chi connectivity index (χ2v) is 7.28. The zero-order chi connectivity index (χ0) is 16.7. The van der Waals surface area contributed by atoms with Crippen LogP contribution in [0, 0.1) is 0 Å². The predicted octanol–water partition coefficient (Wildman–Crippen LogP) is 3.61. The van der Waals surface area contributed by atoms with Crippen LogP contribution >= 0.6 is 11.8 Å². The number of carbonyl (C=O) groups excluding carboxylic acids is 1. The fourth-order valence-electron chi connectivity index (χ4n) is 2.08. The number of urea groups is 1. The third kappa shape index (κ3) is 5.73. The van der Waals surface area contributed by atoms with E-state index >= 15 is 0 Å². The number of nitrogens with one attached hydrogen (secondary N) is 2. The molecule has 0 unspecified atom stereocenters. The van der Waals surface area contributed by atoms with Crippen molar-refractivity contribution >= 4 is 34.3 Å². The SMILES string of the molecule is CSCc1cccc(CNC(=O)Nc2ccc([S@@](C)=O)cc2)c1. The largest absolute Gasteiger partial charge is 0.334 e. The molecule has 0 aromatic heterocycles. The van der Waals surface area contributed by atoms with Crippen LogP contribution in [0.3, 0.4) is 0 Å². The molecule has 0 aliphatic rings. The Labute approximate surface area is 143 Å². The summed E-state index contributed by atoms with van der Waals surface area (Å²) < 4.78 is 11.3. The Kier molecular flexibility index (Phi) is 6.67. The van der Waals surface area contributed by atoms with Crippen molar-refractivity contribution in [1.29, 1.82) is 0 Å². The monoisotopic (exact) mass is 348 g/mol. The molecule has 23 heavy (non-hydrogen) atoms. The van der Waals surface area contributed by atoms with Crippen LogP contribution in [0.1, 0.15) is 11.1 Å². The molecule has 6 heteroatoms. The van der Waals surface area contributed by atoms with Crippen molar-refractivity contribution in [3.63, 3.8) is 0 Å². The van der Waals surface area contributed by atoms with E-state index in [-0.39, 0.29) is 6.03 Å². The standard InChI is InChI=1S/C17H20N2O2S2/c1-22-12-14-5-3-4-13(10-14)11-18-17(20)19-15-6-8-16(9-7-15)23(2)21/h3-10H,11-12H2,1-2H3,(H2,18,19,20)/t23-/m1/s1. The van der Waals surface area contributed by atoms with E-state index in [0.29, 0.717) is 12.2 Å². The lowest BCUT2D eigenvalue weighted by Gasteiger charge is -2.09. The highest BCUT2D eigenvalue weighted by atomic mass is 32.2. The van der Waals surface area contributed by atoms with Gasteiger partial charge in [0.15, 0.2) is 0 Å². The number of anilines is 1. The van der Waals surface area contributed by atoms with Crippen LogP contribution in [-0.2, 0) is 23.1 Å². The van der Waals surface area contributed by atoms with Gasteiger partial charge in [-0.2, -0.15) is 11.8 Å². The molecule has 2 aromatic rings.